The molecule has 0 bridgehead atoms. The lowest BCUT2D eigenvalue weighted by Gasteiger charge is -2.38. The standard InChI is InChI=1S/C18H22ClNO5/c1-3-25-17(22)11-16(21)13-8-9-20(18(23)24-2)15(10-13)12-4-6-14(19)7-5-12/h4-7,13,15H,3,8-11H2,1-2H3/t13-,15+/m1/s1. The maximum atomic E-state index is 12.4. The molecule has 0 spiro atoms. The van der Waals surface area contributed by atoms with Gasteiger partial charge in [-0.3, -0.25) is 9.59 Å². The minimum atomic E-state index is -0.508. The lowest BCUT2D eigenvalue weighted by atomic mass is 9.84. The van der Waals surface area contributed by atoms with Gasteiger partial charge in [-0.05, 0) is 37.5 Å². The van der Waals surface area contributed by atoms with Crippen LogP contribution in [-0.2, 0) is 19.1 Å². The Bertz CT molecular complexity index is 631. The molecule has 1 aromatic carbocycles. The summed E-state index contributed by atoms with van der Waals surface area (Å²) in [6.45, 7) is 2.34. The molecule has 1 fully saturated rings. The second-order valence-corrected chi connectivity index (χ2v) is 6.34. The molecule has 1 aliphatic heterocycles. The van der Waals surface area contributed by atoms with Gasteiger partial charge in [0.1, 0.15) is 12.2 Å². The molecule has 1 saturated heterocycles. The molecule has 1 heterocycles. The van der Waals surface area contributed by atoms with E-state index in [0.717, 1.165) is 5.56 Å². The number of nitrogens with zero attached hydrogens (tertiary/aromatic N) is 1. The van der Waals surface area contributed by atoms with Crippen LogP contribution in [0.1, 0.15) is 37.8 Å². The van der Waals surface area contributed by atoms with Crippen molar-refractivity contribution in [3.05, 3.63) is 34.9 Å². The molecule has 0 radical (unpaired) electrons. The number of carbonyl (C=O) groups excluding carboxylic acids is 3. The van der Waals surface area contributed by atoms with Crippen molar-refractivity contribution in [2.75, 3.05) is 20.3 Å². The third-order valence-electron chi connectivity index (χ3n) is 4.35. The number of hydrogen-bond acceptors (Lipinski definition) is 5. The predicted molar refractivity (Wildman–Crippen MR) is 92.3 cm³/mol. The molecule has 7 heteroatoms. The van der Waals surface area contributed by atoms with E-state index in [2.05, 4.69) is 0 Å². The van der Waals surface area contributed by atoms with Crippen molar-refractivity contribution in [2.24, 2.45) is 5.92 Å². The van der Waals surface area contributed by atoms with Crippen LogP contribution in [0, 0.1) is 5.92 Å². The van der Waals surface area contributed by atoms with Gasteiger partial charge in [0.05, 0.1) is 19.8 Å². The van der Waals surface area contributed by atoms with Crippen LogP contribution in [0.25, 0.3) is 0 Å². The SMILES string of the molecule is CCOC(=O)CC(=O)[C@@H]1CCN(C(=O)OC)[C@H](c2ccc(Cl)cc2)C1. The normalized spacial score (nSPS) is 20.0. The number of methoxy groups -OCH3 is 1. The second kappa shape index (κ2) is 8.85. The van der Waals surface area contributed by atoms with Crippen LogP contribution < -0.4 is 0 Å². The number of rotatable bonds is 5. The Morgan fingerprint density at radius 1 is 1.24 bits per heavy atom. The van der Waals surface area contributed by atoms with Crippen LogP contribution in [0.5, 0.6) is 0 Å². The van der Waals surface area contributed by atoms with E-state index in [4.69, 9.17) is 21.1 Å². The molecule has 1 amide bonds. The van der Waals surface area contributed by atoms with Crippen molar-refractivity contribution in [1.29, 1.82) is 0 Å². The highest BCUT2D eigenvalue weighted by Crippen LogP contribution is 2.36. The Labute approximate surface area is 152 Å². The van der Waals surface area contributed by atoms with Gasteiger partial charge in [-0.25, -0.2) is 4.79 Å². The summed E-state index contributed by atoms with van der Waals surface area (Å²) < 4.78 is 9.71. The zero-order chi connectivity index (χ0) is 18.4. The first kappa shape index (κ1) is 19.2. The zero-order valence-electron chi connectivity index (χ0n) is 14.4. The van der Waals surface area contributed by atoms with Crippen molar-refractivity contribution in [2.45, 2.75) is 32.2 Å². The lowest BCUT2D eigenvalue weighted by molar-refractivity contribution is -0.146. The Balaban J connectivity index is 2.15. The van der Waals surface area contributed by atoms with Gasteiger partial charge < -0.3 is 14.4 Å². The molecule has 136 valence electrons. The van der Waals surface area contributed by atoms with E-state index < -0.39 is 12.1 Å². The van der Waals surface area contributed by atoms with Crippen LogP contribution in [0.2, 0.25) is 5.02 Å². The Morgan fingerprint density at radius 2 is 1.92 bits per heavy atom. The highest BCUT2D eigenvalue weighted by atomic mass is 35.5. The van der Waals surface area contributed by atoms with Gasteiger partial charge in [0, 0.05) is 17.5 Å². The molecule has 0 unspecified atom stereocenters. The molecular formula is C18H22ClNO5. The summed E-state index contributed by atoms with van der Waals surface area (Å²) in [7, 11) is 1.33. The number of Topliss-reactive ketones (excluding diaryl/α,β-unsaturated/α-hetero) is 1. The molecule has 2 atom stereocenters. The van der Waals surface area contributed by atoms with Crippen molar-refractivity contribution in [3.63, 3.8) is 0 Å². The van der Waals surface area contributed by atoms with Crippen molar-refractivity contribution in [1.82, 2.24) is 4.90 Å². The Kier molecular flexibility index (Phi) is 6.82. The minimum absolute atomic E-state index is 0.151. The zero-order valence-corrected chi connectivity index (χ0v) is 15.1. The van der Waals surface area contributed by atoms with E-state index in [0.29, 0.717) is 24.4 Å². The molecule has 6 nitrogen and oxygen atoms in total. The fraction of sp³-hybridized carbons (Fsp3) is 0.500. The van der Waals surface area contributed by atoms with E-state index in [9.17, 15) is 14.4 Å². The average Bonchev–Trinajstić information content (AvgIpc) is 2.61. The highest BCUT2D eigenvalue weighted by molar-refractivity contribution is 6.30. The summed E-state index contributed by atoms with van der Waals surface area (Å²) >= 11 is 5.93. The topological polar surface area (TPSA) is 72.9 Å². The van der Waals surface area contributed by atoms with E-state index in [1.807, 2.05) is 12.1 Å². The van der Waals surface area contributed by atoms with E-state index >= 15 is 0 Å². The first-order chi connectivity index (χ1) is 12.0. The van der Waals surface area contributed by atoms with Crippen LogP contribution in [-0.4, -0.2) is 43.0 Å². The second-order valence-electron chi connectivity index (χ2n) is 5.90. The smallest absolute Gasteiger partial charge is 0.409 e. The number of hydrogen-bond donors (Lipinski definition) is 0. The minimum Gasteiger partial charge on any atom is -0.466 e. The quantitative estimate of drug-likeness (QED) is 0.589. The largest absolute Gasteiger partial charge is 0.466 e. The van der Waals surface area contributed by atoms with Crippen LogP contribution in [0.15, 0.2) is 24.3 Å². The van der Waals surface area contributed by atoms with E-state index in [-0.39, 0.29) is 30.8 Å². The number of ketones is 1. The van der Waals surface area contributed by atoms with Gasteiger partial charge in [-0.15, -0.1) is 0 Å². The summed E-state index contributed by atoms with van der Waals surface area (Å²) in [5.41, 5.74) is 0.878. The predicted octanol–water partition coefficient (Wildman–Crippen LogP) is 3.38. The first-order valence-corrected chi connectivity index (χ1v) is 8.62. The van der Waals surface area contributed by atoms with Gasteiger partial charge in [0.15, 0.2) is 0 Å². The maximum absolute atomic E-state index is 12.4. The number of carbonyl (C=O) groups is 3. The number of benzene rings is 1. The Morgan fingerprint density at radius 3 is 2.52 bits per heavy atom. The molecule has 0 aliphatic carbocycles. The number of esters is 1. The molecule has 25 heavy (non-hydrogen) atoms. The summed E-state index contributed by atoms with van der Waals surface area (Å²) in [6, 6.07) is 6.87. The van der Waals surface area contributed by atoms with E-state index in [1.165, 1.54) is 7.11 Å². The number of halogens is 1. The molecular weight excluding hydrogens is 346 g/mol. The molecule has 1 aliphatic rings. The van der Waals surface area contributed by atoms with Gasteiger partial charge in [0.2, 0.25) is 0 Å². The lowest BCUT2D eigenvalue weighted by Crippen LogP contribution is -2.42. The van der Waals surface area contributed by atoms with Crippen molar-refractivity contribution in [3.8, 4) is 0 Å². The fourth-order valence-electron chi connectivity index (χ4n) is 3.09. The number of amides is 1. The van der Waals surface area contributed by atoms with Gasteiger partial charge in [0.25, 0.3) is 0 Å². The number of likely N-dealkylation sites (tertiary alicyclic amines) is 1. The van der Waals surface area contributed by atoms with E-state index in [1.54, 1.807) is 24.0 Å². The van der Waals surface area contributed by atoms with Gasteiger partial charge in [-0.1, -0.05) is 23.7 Å². The third kappa shape index (κ3) is 4.95. The first-order valence-electron chi connectivity index (χ1n) is 8.24. The van der Waals surface area contributed by atoms with Crippen molar-refractivity contribution >= 4 is 29.4 Å². The monoisotopic (exact) mass is 367 g/mol. The molecule has 0 aromatic heterocycles. The van der Waals surface area contributed by atoms with Gasteiger partial charge >= 0.3 is 12.1 Å². The number of ether oxygens (including phenoxy) is 2. The van der Waals surface area contributed by atoms with Crippen LogP contribution >= 0.6 is 11.6 Å². The average molecular weight is 368 g/mol. The summed E-state index contributed by atoms with van der Waals surface area (Å²) in [4.78, 5) is 37.6. The van der Waals surface area contributed by atoms with Gasteiger partial charge in [-0.2, -0.15) is 0 Å². The molecule has 1 aromatic rings. The third-order valence-corrected chi connectivity index (χ3v) is 4.60. The summed E-state index contributed by atoms with van der Waals surface area (Å²) in [6.07, 6.45) is 0.271. The maximum Gasteiger partial charge on any atom is 0.409 e. The number of piperidine rings is 1. The summed E-state index contributed by atoms with van der Waals surface area (Å²) in [5.74, 6) is -0.959. The Hall–Kier alpha value is -2.08. The molecule has 0 saturated carbocycles. The molecule has 2 rings (SSSR count). The molecule has 0 N–H and O–H groups in total. The summed E-state index contributed by atoms with van der Waals surface area (Å²) in [5, 5.41) is 0.596. The van der Waals surface area contributed by atoms with Crippen molar-refractivity contribution < 1.29 is 23.9 Å². The van der Waals surface area contributed by atoms with Crippen LogP contribution in [0.3, 0.4) is 0 Å². The van der Waals surface area contributed by atoms with Crippen LogP contribution in [0.4, 0.5) is 4.79 Å². The fourth-order valence-corrected chi connectivity index (χ4v) is 3.22. The highest BCUT2D eigenvalue weighted by Gasteiger charge is 2.36.